The number of nitrogens with zero attached hydrogens (tertiary/aromatic N) is 3. The molecule has 20 heavy (non-hydrogen) atoms. The molecule has 106 valence electrons. The van der Waals surface area contributed by atoms with E-state index in [4.69, 9.17) is 5.11 Å². The maximum absolute atomic E-state index is 11.1. The average Bonchev–Trinajstić information content (AvgIpc) is 2.91. The van der Waals surface area contributed by atoms with E-state index in [0.29, 0.717) is 18.3 Å². The van der Waals surface area contributed by atoms with Gasteiger partial charge in [-0.05, 0) is 31.8 Å². The minimum absolute atomic E-state index is 0.169. The van der Waals surface area contributed by atoms with E-state index in [1.807, 2.05) is 13.1 Å². The van der Waals surface area contributed by atoms with Crippen molar-refractivity contribution in [3.63, 3.8) is 0 Å². The maximum atomic E-state index is 11.1. The summed E-state index contributed by atoms with van der Waals surface area (Å²) in [5.41, 5.74) is 0.718. The zero-order valence-corrected chi connectivity index (χ0v) is 12.3. The molecule has 1 atom stereocenters. The number of carboxylic acids is 1. The lowest BCUT2D eigenvalue weighted by Crippen LogP contribution is -2.31. The Bertz CT molecular complexity index is 572. The molecule has 0 aliphatic carbocycles. The first-order valence-electron chi connectivity index (χ1n) is 6.32. The molecular weight excluding hydrogens is 274 g/mol. The predicted molar refractivity (Wildman–Crippen MR) is 77.9 cm³/mol. The predicted octanol–water partition coefficient (Wildman–Crippen LogP) is 2.30. The molecule has 0 aliphatic heterocycles. The van der Waals surface area contributed by atoms with Crippen LogP contribution in [-0.2, 0) is 13.0 Å². The van der Waals surface area contributed by atoms with E-state index in [1.54, 1.807) is 11.3 Å². The van der Waals surface area contributed by atoms with Crippen molar-refractivity contribution in [2.45, 2.75) is 25.9 Å². The molecule has 0 amide bonds. The Morgan fingerprint density at radius 3 is 3.00 bits per heavy atom. The number of rotatable bonds is 6. The summed E-state index contributed by atoms with van der Waals surface area (Å²) >= 11 is 1.74. The molecule has 0 spiro atoms. The summed E-state index contributed by atoms with van der Waals surface area (Å²) in [6.45, 7) is 2.62. The second kappa shape index (κ2) is 6.58. The van der Waals surface area contributed by atoms with Crippen molar-refractivity contribution in [2.24, 2.45) is 0 Å². The van der Waals surface area contributed by atoms with E-state index in [1.165, 1.54) is 17.4 Å². The van der Waals surface area contributed by atoms with Gasteiger partial charge >= 0.3 is 5.97 Å². The Labute approximate surface area is 121 Å². The molecule has 0 bridgehead atoms. The topological polar surface area (TPSA) is 66.3 Å². The Morgan fingerprint density at radius 1 is 1.55 bits per heavy atom. The van der Waals surface area contributed by atoms with Gasteiger partial charge in [0.2, 0.25) is 0 Å². The van der Waals surface area contributed by atoms with Crippen LogP contribution in [-0.4, -0.2) is 39.0 Å². The van der Waals surface area contributed by atoms with E-state index in [-0.39, 0.29) is 5.56 Å². The molecule has 2 aromatic rings. The van der Waals surface area contributed by atoms with Crippen molar-refractivity contribution < 1.29 is 9.90 Å². The van der Waals surface area contributed by atoms with Gasteiger partial charge in [0.25, 0.3) is 0 Å². The van der Waals surface area contributed by atoms with Gasteiger partial charge in [0, 0.05) is 23.7 Å². The quantitative estimate of drug-likeness (QED) is 0.884. The Kier molecular flexibility index (Phi) is 4.81. The summed E-state index contributed by atoms with van der Waals surface area (Å²) in [4.78, 5) is 22.4. The van der Waals surface area contributed by atoms with Gasteiger partial charge in [-0.25, -0.2) is 14.8 Å². The highest BCUT2D eigenvalue weighted by Crippen LogP contribution is 2.15. The van der Waals surface area contributed by atoms with Crippen LogP contribution in [0.25, 0.3) is 0 Å². The number of carboxylic acid groups (broad SMARTS) is 1. The SMILES string of the molecule is CC(Cc1cccs1)N(C)Cc1ncncc1C(=O)O. The van der Waals surface area contributed by atoms with Crippen LogP contribution in [0.1, 0.15) is 27.9 Å². The lowest BCUT2D eigenvalue weighted by molar-refractivity contribution is 0.0693. The molecule has 2 rings (SSSR count). The molecular formula is C14H17N3O2S. The second-order valence-corrected chi connectivity index (χ2v) is 5.77. The smallest absolute Gasteiger partial charge is 0.339 e. The van der Waals surface area contributed by atoms with E-state index < -0.39 is 5.97 Å². The summed E-state index contributed by atoms with van der Waals surface area (Å²) in [6.07, 6.45) is 3.68. The summed E-state index contributed by atoms with van der Waals surface area (Å²) in [5.74, 6) is -0.986. The lowest BCUT2D eigenvalue weighted by Gasteiger charge is -2.24. The van der Waals surface area contributed by atoms with Crippen molar-refractivity contribution in [1.29, 1.82) is 0 Å². The van der Waals surface area contributed by atoms with Crippen LogP contribution in [0.2, 0.25) is 0 Å². The van der Waals surface area contributed by atoms with Crippen LogP contribution in [0.5, 0.6) is 0 Å². The third-order valence-corrected chi connectivity index (χ3v) is 4.15. The van der Waals surface area contributed by atoms with E-state index in [0.717, 1.165) is 6.42 Å². The van der Waals surface area contributed by atoms with Crippen molar-refractivity contribution >= 4 is 17.3 Å². The average molecular weight is 291 g/mol. The molecule has 2 aromatic heterocycles. The summed E-state index contributed by atoms with van der Waals surface area (Å²) in [5, 5.41) is 11.2. The standard InChI is InChI=1S/C14H17N3O2S/c1-10(6-11-4-3-5-20-11)17(2)8-13-12(14(18)19)7-15-9-16-13/h3-5,7,9-10H,6,8H2,1-2H3,(H,18,19). The molecule has 0 fully saturated rings. The third kappa shape index (κ3) is 3.61. The zero-order chi connectivity index (χ0) is 14.5. The van der Waals surface area contributed by atoms with Crippen molar-refractivity contribution in [2.75, 3.05) is 7.05 Å². The minimum Gasteiger partial charge on any atom is -0.478 e. The molecule has 2 heterocycles. The summed E-state index contributed by atoms with van der Waals surface area (Å²) in [7, 11) is 1.98. The fraction of sp³-hybridized carbons (Fsp3) is 0.357. The third-order valence-electron chi connectivity index (χ3n) is 3.25. The molecule has 0 aromatic carbocycles. The number of likely N-dealkylation sites (N-methyl/N-ethyl adjacent to an activating group) is 1. The van der Waals surface area contributed by atoms with E-state index in [2.05, 4.69) is 33.2 Å². The van der Waals surface area contributed by atoms with Crippen LogP contribution in [0, 0.1) is 0 Å². The summed E-state index contributed by atoms with van der Waals surface area (Å²) in [6, 6.07) is 4.47. The van der Waals surface area contributed by atoms with Gasteiger partial charge in [-0.2, -0.15) is 0 Å². The van der Waals surface area contributed by atoms with E-state index >= 15 is 0 Å². The number of hydrogen-bond donors (Lipinski definition) is 1. The first kappa shape index (κ1) is 14.6. The number of thiophene rings is 1. The van der Waals surface area contributed by atoms with Crippen LogP contribution in [0.4, 0.5) is 0 Å². The molecule has 5 nitrogen and oxygen atoms in total. The number of carbonyl (C=O) groups is 1. The first-order valence-corrected chi connectivity index (χ1v) is 7.20. The van der Waals surface area contributed by atoms with Crippen LogP contribution >= 0.6 is 11.3 Å². The van der Waals surface area contributed by atoms with Gasteiger partial charge in [-0.15, -0.1) is 11.3 Å². The highest BCUT2D eigenvalue weighted by molar-refractivity contribution is 7.09. The van der Waals surface area contributed by atoms with Gasteiger partial charge < -0.3 is 5.11 Å². The van der Waals surface area contributed by atoms with Gasteiger partial charge in [0.1, 0.15) is 11.9 Å². The van der Waals surface area contributed by atoms with Crippen molar-refractivity contribution in [3.8, 4) is 0 Å². The molecule has 0 aliphatic rings. The van der Waals surface area contributed by atoms with Gasteiger partial charge in [-0.1, -0.05) is 6.07 Å². The largest absolute Gasteiger partial charge is 0.478 e. The van der Waals surface area contributed by atoms with Crippen LogP contribution < -0.4 is 0 Å². The Balaban J connectivity index is 2.04. The first-order chi connectivity index (χ1) is 9.58. The number of hydrogen-bond acceptors (Lipinski definition) is 5. The molecule has 0 saturated carbocycles. The highest BCUT2D eigenvalue weighted by atomic mass is 32.1. The Morgan fingerprint density at radius 2 is 2.35 bits per heavy atom. The van der Waals surface area contributed by atoms with Gasteiger partial charge in [-0.3, -0.25) is 4.90 Å². The number of aromatic nitrogens is 2. The summed E-state index contributed by atoms with van der Waals surface area (Å²) < 4.78 is 0. The second-order valence-electron chi connectivity index (χ2n) is 4.74. The minimum atomic E-state index is -0.986. The number of aromatic carboxylic acids is 1. The molecule has 1 N–H and O–H groups in total. The molecule has 0 radical (unpaired) electrons. The van der Waals surface area contributed by atoms with Crippen molar-refractivity contribution in [3.05, 3.63) is 46.2 Å². The molecule has 0 saturated heterocycles. The Hall–Kier alpha value is -1.79. The normalized spacial score (nSPS) is 12.6. The lowest BCUT2D eigenvalue weighted by atomic mass is 10.1. The van der Waals surface area contributed by atoms with Crippen molar-refractivity contribution in [1.82, 2.24) is 14.9 Å². The monoisotopic (exact) mass is 291 g/mol. The van der Waals surface area contributed by atoms with Gasteiger partial charge in [0.15, 0.2) is 0 Å². The van der Waals surface area contributed by atoms with Crippen LogP contribution in [0.15, 0.2) is 30.0 Å². The van der Waals surface area contributed by atoms with Gasteiger partial charge in [0.05, 0.1) is 5.69 Å². The molecule has 6 heteroatoms. The highest BCUT2D eigenvalue weighted by Gasteiger charge is 2.16. The van der Waals surface area contributed by atoms with E-state index in [9.17, 15) is 4.79 Å². The molecule has 1 unspecified atom stereocenters. The maximum Gasteiger partial charge on any atom is 0.339 e. The fourth-order valence-corrected chi connectivity index (χ4v) is 2.75. The fourth-order valence-electron chi connectivity index (χ4n) is 1.93. The van der Waals surface area contributed by atoms with Crippen LogP contribution in [0.3, 0.4) is 0 Å². The zero-order valence-electron chi connectivity index (χ0n) is 11.5.